The molecule has 1 atom stereocenters. The molecule has 0 bridgehead atoms. The van der Waals surface area contributed by atoms with Gasteiger partial charge in [0, 0.05) is 17.0 Å². The van der Waals surface area contributed by atoms with E-state index in [9.17, 15) is 14.7 Å². The second kappa shape index (κ2) is 7.69. The van der Waals surface area contributed by atoms with Gasteiger partial charge in [0.05, 0.1) is 18.5 Å². The van der Waals surface area contributed by atoms with Crippen LogP contribution in [0.5, 0.6) is 17.4 Å². The Morgan fingerprint density at radius 3 is 2.53 bits per heavy atom. The van der Waals surface area contributed by atoms with Gasteiger partial charge in [-0.1, -0.05) is 33.8 Å². The molecule has 2 aromatic rings. The lowest BCUT2D eigenvalue weighted by atomic mass is 9.71. The average Bonchev–Trinajstić information content (AvgIpc) is 3.41. The first-order chi connectivity index (χ1) is 15.1. The fourth-order valence-corrected chi connectivity index (χ4v) is 4.48. The van der Waals surface area contributed by atoms with E-state index in [0.717, 1.165) is 29.9 Å². The molecule has 3 N–H and O–H groups in total. The lowest BCUT2D eigenvalue weighted by Gasteiger charge is -2.42. The molecular formula is C24H29N3O5. The van der Waals surface area contributed by atoms with Gasteiger partial charge in [-0.2, -0.15) is 0 Å². The Morgan fingerprint density at radius 2 is 1.97 bits per heavy atom. The van der Waals surface area contributed by atoms with Crippen molar-refractivity contribution in [3.8, 4) is 17.4 Å². The van der Waals surface area contributed by atoms with Crippen LogP contribution < -0.4 is 20.1 Å². The second-order valence-electron chi connectivity index (χ2n) is 9.58. The lowest BCUT2D eigenvalue weighted by molar-refractivity contribution is -0.126. The molecule has 8 nitrogen and oxygen atoms in total. The summed E-state index contributed by atoms with van der Waals surface area (Å²) >= 11 is 0. The first-order valence-corrected chi connectivity index (χ1v) is 10.8. The number of aromatic nitrogens is 1. The number of nitrogens with one attached hydrogen (secondary N) is 2. The second-order valence-corrected chi connectivity index (χ2v) is 9.58. The maximum absolute atomic E-state index is 13.1. The van der Waals surface area contributed by atoms with Gasteiger partial charge in [-0.15, -0.1) is 0 Å². The topological polar surface area (TPSA) is 110 Å². The summed E-state index contributed by atoms with van der Waals surface area (Å²) in [5.74, 6) is 1.58. The van der Waals surface area contributed by atoms with Gasteiger partial charge in [-0.05, 0) is 42.9 Å². The Balaban J connectivity index is 1.51. The Labute approximate surface area is 187 Å². The van der Waals surface area contributed by atoms with Crippen molar-refractivity contribution in [2.24, 2.45) is 5.41 Å². The highest BCUT2D eigenvalue weighted by molar-refractivity contribution is 6.00. The Bertz CT molecular complexity index is 1040. The van der Waals surface area contributed by atoms with Crippen molar-refractivity contribution >= 4 is 17.7 Å². The number of pyridine rings is 1. The third kappa shape index (κ3) is 3.74. The molecule has 32 heavy (non-hydrogen) atoms. The molecule has 2 amide bonds. The van der Waals surface area contributed by atoms with Crippen LogP contribution in [-0.2, 0) is 10.2 Å². The van der Waals surface area contributed by atoms with Gasteiger partial charge in [0.1, 0.15) is 17.0 Å². The molecule has 0 saturated heterocycles. The number of ether oxygens (including phenoxy) is 2. The number of rotatable bonds is 6. The van der Waals surface area contributed by atoms with Gasteiger partial charge in [-0.3, -0.25) is 4.79 Å². The Hall–Kier alpha value is -3.29. The molecule has 1 aromatic heterocycles. The van der Waals surface area contributed by atoms with E-state index >= 15 is 0 Å². The summed E-state index contributed by atoms with van der Waals surface area (Å²) in [6.07, 6.45) is 2.74. The third-order valence-electron chi connectivity index (χ3n) is 6.60. The third-order valence-corrected chi connectivity index (χ3v) is 6.60. The molecule has 170 valence electrons. The van der Waals surface area contributed by atoms with E-state index in [0.29, 0.717) is 24.6 Å². The van der Waals surface area contributed by atoms with Crippen molar-refractivity contribution in [2.75, 3.05) is 11.9 Å². The number of fused-ring (bicyclic) bond motifs is 2. The molecule has 8 heteroatoms. The summed E-state index contributed by atoms with van der Waals surface area (Å²) in [7, 11) is 0. The normalized spacial score (nSPS) is 17.6. The number of amides is 2. The van der Waals surface area contributed by atoms with Crippen LogP contribution in [0.1, 0.15) is 52.5 Å². The molecule has 1 aromatic carbocycles. The molecule has 2 heterocycles. The number of hydrogen-bond acceptors (Lipinski definition) is 5. The van der Waals surface area contributed by atoms with Crippen LogP contribution in [-0.4, -0.2) is 34.2 Å². The zero-order valence-electron chi connectivity index (χ0n) is 18.8. The number of carbonyl (C=O) groups excluding carboxylic acids is 1. The minimum atomic E-state index is -1.29. The van der Waals surface area contributed by atoms with Gasteiger partial charge in [0.25, 0.3) is 5.91 Å². The van der Waals surface area contributed by atoms with Crippen LogP contribution in [0.15, 0.2) is 36.5 Å². The molecule has 1 aliphatic carbocycles. The van der Waals surface area contributed by atoms with Crippen LogP contribution in [0.2, 0.25) is 0 Å². The Morgan fingerprint density at radius 1 is 1.22 bits per heavy atom. The molecule has 1 saturated carbocycles. The zero-order valence-corrected chi connectivity index (χ0v) is 18.8. The standard InChI is InChI=1S/C24H29N3O5/c1-5-24(22(2,3)4,27-21(29)30)20(28)26-15-9-10-18(25-13-15)32-17-8-6-7-16-19(17)23(11-12-23)14-31-16/h6-10,13,27H,5,11-12,14H2,1-4H3,(H,26,28)(H,29,30)/t24-/m0/s1. The molecule has 4 rings (SSSR count). The number of nitrogens with zero attached hydrogens (tertiary/aromatic N) is 1. The highest BCUT2D eigenvalue weighted by Crippen LogP contribution is 2.58. The molecular weight excluding hydrogens is 410 g/mol. The van der Waals surface area contributed by atoms with Crippen molar-refractivity contribution in [3.63, 3.8) is 0 Å². The van der Waals surface area contributed by atoms with Gasteiger partial charge in [0.2, 0.25) is 5.88 Å². The van der Waals surface area contributed by atoms with E-state index in [4.69, 9.17) is 9.47 Å². The van der Waals surface area contributed by atoms with Crippen molar-refractivity contribution in [2.45, 2.75) is 57.9 Å². The van der Waals surface area contributed by atoms with Crippen molar-refractivity contribution in [1.82, 2.24) is 10.3 Å². The van der Waals surface area contributed by atoms with E-state index in [2.05, 4.69) is 15.6 Å². The average molecular weight is 440 g/mol. The molecule has 1 fully saturated rings. The fraction of sp³-hybridized carbons (Fsp3) is 0.458. The van der Waals surface area contributed by atoms with E-state index in [1.54, 1.807) is 19.1 Å². The van der Waals surface area contributed by atoms with E-state index < -0.39 is 23.0 Å². The van der Waals surface area contributed by atoms with Crippen LogP contribution in [0.3, 0.4) is 0 Å². The monoisotopic (exact) mass is 439 g/mol. The van der Waals surface area contributed by atoms with Crippen LogP contribution in [0.25, 0.3) is 0 Å². The maximum atomic E-state index is 13.1. The van der Waals surface area contributed by atoms with Crippen LogP contribution in [0.4, 0.5) is 10.5 Å². The fourth-order valence-electron chi connectivity index (χ4n) is 4.48. The summed E-state index contributed by atoms with van der Waals surface area (Å²) in [6.45, 7) is 7.96. The maximum Gasteiger partial charge on any atom is 0.405 e. The summed E-state index contributed by atoms with van der Waals surface area (Å²) in [5.41, 5.74) is -0.298. The number of hydrogen-bond donors (Lipinski definition) is 3. The first-order valence-electron chi connectivity index (χ1n) is 10.8. The molecule has 0 radical (unpaired) electrons. The highest BCUT2D eigenvalue weighted by Gasteiger charge is 2.52. The van der Waals surface area contributed by atoms with Crippen molar-refractivity contribution in [1.29, 1.82) is 0 Å². The van der Waals surface area contributed by atoms with Gasteiger partial charge in [0.15, 0.2) is 0 Å². The van der Waals surface area contributed by atoms with Crippen LogP contribution in [0, 0.1) is 5.41 Å². The minimum absolute atomic E-state index is 0.0768. The Kier molecular flexibility index (Phi) is 5.27. The van der Waals surface area contributed by atoms with Gasteiger partial charge >= 0.3 is 6.09 Å². The van der Waals surface area contributed by atoms with E-state index in [1.165, 1.54) is 6.20 Å². The first kappa shape index (κ1) is 21.9. The van der Waals surface area contributed by atoms with Crippen molar-refractivity contribution < 1.29 is 24.2 Å². The quantitative estimate of drug-likeness (QED) is 0.602. The molecule has 2 aliphatic rings. The number of carboxylic acid groups (broad SMARTS) is 1. The summed E-state index contributed by atoms with van der Waals surface area (Å²) < 4.78 is 11.9. The van der Waals surface area contributed by atoms with E-state index in [1.807, 2.05) is 39.0 Å². The number of benzene rings is 1. The number of anilines is 1. The summed E-state index contributed by atoms with van der Waals surface area (Å²) in [6, 6.07) is 9.15. The molecule has 1 aliphatic heterocycles. The summed E-state index contributed by atoms with van der Waals surface area (Å²) in [4.78, 5) is 28.9. The SMILES string of the molecule is CC[C@](NC(=O)O)(C(=O)Nc1ccc(Oc2cccc3c2C2(CC2)CO3)nc1)C(C)(C)C. The van der Waals surface area contributed by atoms with Gasteiger partial charge < -0.3 is 25.2 Å². The zero-order chi connectivity index (χ0) is 23.1. The minimum Gasteiger partial charge on any atom is -0.492 e. The predicted molar refractivity (Wildman–Crippen MR) is 119 cm³/mol. The smallest absolute Gasteiger partial charge is 0.405 e. The number of carbonyl (C=O) groups is 2. The van der Waals surface area contributed by atoms with Crippen LogP contribution >= 0.6 is 0 Å². The lowest BCUT2D eigenvalue weighted by Crippen LogP contribution is -2.63. The largest absolute Gasteiger partial charge is 0.492 e. The predicted octanol–water partition coefficient (Wildman–Crippen LogP) is 4.70. The summed E-state index contributed by atoms with van der Waals surface area (Å²) in [5, 5.41) is 14.5. The molecule has 1 spiro atoms. The van der Waals surface area contributed by atoms with Crippen molar-refractivity contribution in [3.05, 3.63) is 42.1 Å². The van der Waals surface area contributed by atoms with Gasteiger partial charge in [-0.25, -0.2) is 9.78 Å². The van der Waals surface area contributed by atoms with E-state index in [-0.39, 0.29) is 5.41 Å². The highest BCUT2D eigenvalue weighted by atomic mass is 16.5. The molecule has 0 unspecified atom stereocenters.